The molecule has 0 aliphatic carbocycles. The van der Waals surface area contributed by atoms with Gasteiger partial charge in [-0.2, -0.15) is 0 Å². The Labute approximate surface area is 218 Å². The molecule has 3 amide bonds. The summed E-state index contributed by atoms with van der Waals surface area (Å²) in [6, 6.07) is 17.5. The van der Waals surface area contributed by atoms with Crippen LogP contribution in [0.25, 0.3) is 0 Å². The average molecular weight is 508 g/mol. The number of benzene rings is 2. The quantitative estimate of drug-likeness (QED) is 0.586. The van der Waals surface area contributed by atoms with E-state index in [0.29, 0.717) is 38.5 Å². The predicted octanol–water partition coefficient (Wildman–Crippen LogP) is 5.40. The van der Waals surface area contributed by atoms with Crippen LogP contribution in [-0.4, -0.2) is 59.7 Å². The molecule has 8 heteroatoms. The predicted molar refractivity (Wildman–Crippen MR) is 141 cm³/mol. The first-order valence-corrected chi connectivity index (χ1v) is 13.0. The van der Waals surface area contributed by atoms with Gasteiger partial charge in [-0.1, -0.05) is 42.5 Å². The van der Waals surface area contributed by atoms with Crippen LogP contribution in [0.3, 0.4) is 0 Å². The first kappa shape index (κ1) is 26.5. The van der Waals surface area contributed by atoms with Crippen molar-refractivity contribution in [1.29, 1.82) is 0 Å². The third-order valence-electron chi connectivity index (χ3n) is 6.82. The van der Waals surface area contributed by atoms with Gasteiger partial charge >= 0.3 is 12.2 Å². The summed E-state index contributed by atoms with van der Waals surface area (Å²) < 4.78 is 10.9. The zero-order chi connectivity index (χ0) is 26.4. The Kier molecular flexibility index (Phi) is 8.36. The molecule has 0 bridgehead atoms. The lowest BCUT2D eigenvalue weighted by atomic mass is 9.89. The lowest BCUT2D eigenvalue weighted by molar-refractivity contribution is -0.119. The summed E-state index contributed by atoms with van der Waals surface area (Å²) in [5.74, 6) is 0.0200. The highest BCUT2D eigenvalue weighted by atomic mass is 16.6. The highest BCUT2D eigenvalue weighted by molar-refractivity contribution is 5.93. The van der Waals surface area contributed by atoms with Crippen molar-refractivity contribution in [3.63, 3.8) is 0 Å². The molecule has 1 unspecified atom stereocenters. The molecule has 0 radical (unpaired) electrons. The molecule has 37 heavy (non-hydrogen) atoms. The van der Waals surface area contributed by atoms with E-state index >= 15 is 0 Å². The molecular weight excluding hydrogens is 470 g/mol. The summed E-state index contributed by atoms with van der Waals surface area (Å²) in [7, 11) is 0. The molecule has 2 aliphatic heterocycles. The van der Waals surface area contributed by atoms with Crippen LogP contribution in [-0.2, 0) is 20.9 Å². The number of rotatable bonds is 5. The number of likely N-dealkylation sites (tertiary alicyclic amines) is 2. The van der Waals surface area contributed by atoms with E-state index in [1.165, 1.54) is 5.56 Å². The number of amides is 3. The molecule has 2 heterocycles. The Morgan fingerprint density at radius 2 is 1.51 bits per heavy atom. The molecule has 2 fully saturated rings. The van der Waals surface area contributed by atoms with Crippen LogP contribution in [0, 0.1) is 5.92 Å². The molecule has 2 aromatic rings. The van der Waals surface area contributed by atoms with Crippen molar-refractivity contribution in [2.24, 2.45) is 5.92 Å². The monoisotopic (exact) mass is 507 g/mol. The summed E-state index contributed by atoms with van der Waals surface area (Å²) in [4.78, 5) is 40.9. The van der Waals surface area contributed by atoms with Crippen molar-refractivity contribution in [2.75, 3.05) is 31.5 Å². The fourth-order valence-electron chi connectivity index (χ4n) is 4.76. The lowest BCUT2D eigenvalue weighted by Crippen LogP contribution is -2.41. The zero-order valence-corrected chi connectivity index (χ0v) is 21.9. The van der Waals surface area contributed by atoms with Gasteiger partial charge in [0.05, 0.1) is 5.92 Å². The highest BCUT2D eigenvalue weighted by Gasteiger charge is 2.32. The molecule has 4 rings (SSSR count). The van der Waals surface area contributed by atoms with Gasteiger partial charge in [0.25, 0.3) is 0 Å². The topological polar surface area (TPSA) is 88.2 Å². The fourth-order valence-corrected chi connectivity index (χ4v) is 4.76. The van der Waals surface area contributed by atoms with E-state index < -0.39 is 5.60 Å². The van der Waals surface area contributed by atoms with Gasteiger partial charge in [-0.25, -0.2) is 9.59 Å². The van der Waals surface area contributed by atoms with Crippen LogP contribution in [0.15, 0.2) is 54.6 Å². The Morgan fingerprint density at radius 3 is 2.16 bits per heavy atom. The first-order chi connectivity index (χ1) is 17.7. The van der Waals surface area contributed by atoms with Gasteiger partial charge in [0, 0.05) is 31.9 Å². The zero-order valence-electron chi connectivity index (χ0n) is 21.9. The minimum absolute atomic E-state index is 0.0863. The Morgan fingerprint density at radius 1 is 0.865 bits per heavy atom. The molecule has 0 saturated carbocycles. The molecule has 0 spiro atoms. The third-order valence-corrected chi connectivity index (χ3v) is 6.82. The first-order valence-electron chi connectivity index (χ1n) is 13.0. The van der Waals surface area contributed by atoms with Gasteiger partial charge in [0.1, 0.15) is 12.2 Å². The highest BCUT2D eigenvalue weighted by Crippen LogP contribution is 2.30. The number of piperidine rings is 1. The summed E-state index contributed by atoms with van der Waals surface area (Å²) in [5, 5.41) is 2.99. The van der Waals surface area contributed by atoms with E-state index in [0.717, 1.165) is 24.1 Å². The molecule has 2 aromatic carbocycles. The standard InChI is InChI=1S/C29H37N3O5/c1-29(2,3)37-28(35)31-16-13-23(14-17-31)22-9-11-25(12-10-22)30-26(33)24-15-18-32(19-24)27(34)36-20-21-7-5-4-6-8-21/h4-12,23-24H,13-20H2,1-3H3,(H,30,33). The number of hydrogen-bond donors (Lipinski definition) is 1. The molecule has 198 valence electrons. The Balaban J connectivity index is 1.21. The van der Waals surface area contributed by atoms with E-state index in [2.05, 4.69) is 5.32 Å². The van der Waals surface area contributed by atoms with Gasteiger partial charge in [-0.05, 0) is 69.2 Å². The van der Waals surface area contributed by atoms with E-state index in [1.54, 1.807) is 9.80 Å². The van der Waals surface area contributed by atoms with Crippen molar-refractivity contribution in [1.82, 2.24) is 9.80 Å². The molecule has 2 aliphatic rings. The molecule has 1 atom stereocenters. The van der Waals surface area contributed by atoms with Crippen LogP contribution in [0.4, 0.5) is 15.3 Å². The van der Waals surface area contributed by atoms with Gasteiger partial charge in [-0.3, -0.25) is 4.79 Å². The second-order valence-corrected chi connectivity index (χ2v) is 10.8. The van der Waals surface area contributed by atoms with Gasteiger partial charge in [0.2, 0.25) is 5.91 Å². The molecule has 2 saturated heterocycles. The Hall–Kier alpha value is -3.55. The number of nitrogens with one attached hydrogen (secondary N) is 1. The van der Waals surface area contributed by atoms with Crippen molar-refractivity contribution in [2.45, 2.75) is 58.2 Å². The molecule has 1 N–H and O–H groups in total. The lowest BCUT2D eigenvalue weighted by Gasteiger charge is -2.33. The van der Waals surface area contributed by atoms with Gasteiger partial charge < -0.3 is 24.6 Å². The summed E-state index contributed by atoms with van der Waals surface area (Å²) in [5.41, 5.74) is 2.39. The SMILES string of the molecule is CC(C)(C)OC(=O)N1CCC(c2ccc(NC(=O)C3CCN(C(=O)OCc4ccccc4)C3)cc2)CC1. The maximum Gasteiger partial charge on any atom is 0.410 e. The third kappa shape index (κ3) is 7.47. The van der Waals surface area contributed by atoms with Crippen LogP contribution >= 0.6 is 0 Å². The van der Waals surface area contributed by atoms with E-state index in [4.69, 9.17) is 9.47 Å². The number of carbonyl (C=O) groups excluding carboxylic acids is 3. The second-order valence-electron chi connectivity index (χ2n) is 10.8. The van der Waals surface area contributed by atoms with Crippen LogP contribution in [0.1, 0.15) is 57.1 Å². The summed E-state index contributed by atoms with van der Waals surface area (Å²) >= 11 is 0. The average Bonchev–Trinajstić information content (AvgIpc) is 3.38. The minimum Gasteiger partial charge on any atom is -0.445 e. The van der Waals surface area contributed by atoms with Gasteiger partial charge in [0.15, 0.2) is 0 Å². The largest absolute Gasteiger partial charge is 0.445 e. The minimum atomic E-state index is -0.489. The van der Waals surface area contributed by atoms with Gasteiger partial charge in [-0.15, -0.1) is 0 Å². The maximum absolute atomic E-state index is 12.8. The number of ether oxygens (including phenoxy) is 2. The van der Waals surface area contributed by atoms with Crippen LogP contribution in [0.5, 0.6) is 0 Å². The molecular formula is C29H37N3O5. The van der Waals surface area contributed by atoms with Crippen molar-refractivity contribution < 1.29 is 23.9 Å². The number of nitrogens with zero attached hydrogens (tertiary/aromatic N) is 2. The number of carbonyl (C=O) groups is 3. The summed E-state index contributed by atoms with van der Waals surface area (Å²) in [6.07, 6.45) is 1.73. The van der Waals surface area contributed by atoms with Crippen molar-refractivity contribution in [3.8, 4) is 0 Å². The Bertz CT molecular complexity index is 1070. The molecule has 0 aromatic heterocycles. The fraction of sp³-hybridized carbons (Fsp3) is 0.483. The van der Waals surface area contributed by atoms with Crippen molar-refractivity contribution >= 4 is 23.8 Å². The number of hydrogen-bond acceptors (Lipinski definition) is 5. The number of anilines is 1. The van der Waals surface area contributed by atoms with E-state index in [9.17, 15) is 14.4 Å². The molecule has 8 nitrogen and oxygen atoms in total. The smallest absolute Gasteiger partial charge is 0.410 e. The maximum atomic E-state index is 12.8. The second kappa shape index (κ2) is 11.7. The van der Waals surface area contributed by atoms with Crippen LogP contribution in [0.2, 0.25) is 0 Å². The normalized spacial score (nSPS) is 18.4. The van der Waals surface area contributed by atoms with Crippen molar-refractivity contribution in [3.05, 3.63) is 65.7 Å². The van der Waals surface area contributed by atoms with E-state index in [1.807, 2.05) is 75.4 Å². The van der Waals surface area contributed by atoms with Crippen LogP contribution < -0.4 is 5.32 Å². The van der Waals surface area contributed by atoms with E-state index in [-0.39, 0.29) is 30.6 Å². The summed E-state index contributed by atoms with van der Waals surface area (Å²) in [6.45, 7) is 8.06.